The number of thiazole rings is 1. The molecule has 0 N–H and O–H groups in total. The van der Waals surface area contributed by atoms with Crippen molar-refractivity contribution in [2.75, 3.05) is 7.11 Å². The standard InChI is InChI=1S/C21H28N2O3S/c1-3-4-7-15-10-12-16(13-11-15)20(25)22-21-23(14-19(24)26-2)17-8-5-6-9-18(17)27-21/h5-6,8-9,15-16H,3-4,7,10-14H2,1-2H3. The van der Waals surface area contributed by atoms with E-state index in [9.17, 15) is 9.59 Å². The predicted octanol–water partition coefficient (Wildman–Crippen LogP) is 4.30. The minimum Gasteiger partial charge on any atom is -0.468 e. The molecule has 1 aromatic carbocycles. The SMILES string of the molecule is CCCCC1CCC(C(=O)N=c2sc3ccccc3n2CC(=O)OC)CC1. The monoisotopic (exact) mass is 388 g/mol. The number of nitrogens with zero attached hydrogens (tertiary/aromatic N) is 2. The first kappa shape index (κ1) is 19.8. The molecule has 1 aliphatic rings. The average Bonchev–Trinajstić information content (AvgIpc) is 3.03. The summed E-state index contributed by atoms with van der Waals surface area (Å²) in [6, 6.07) is 7.80. The third-order valence-corrected chi connectivity index (χ3v) is 6.53. The van der Waals surface area contributed by atoms with Crippen LogP contribution in [0.2, 0.25) is 0 Å². The first-order chi connectivity index (χ1) is 13.1. The number of aromatic nitrogens is 1. The van der Waals surface area contributed by atoms with Gasteiger partial charge in [-0.25, -0.2) is 0 Å². The zero-order chi connectivity index (χ0) is 19.2. The normalized spacial score (nSPS) is 20.7. The molecule has 3 rings (SSSR count). The van der Waals surface area contributed by atoms with Crippen molar-refractivity contribution < 1.29 is 14.3 Å². The van der Waals surface area contributed by atoms with Crippen molar-refractivity contribution >= 4 is 33.4 Å². The number of para-hydroxylation sites is 1. The van der Waals surface area contributed by atoms with Crippen molar-refractivity contribution in [3.05, 3.63) is 29.1 Å². The lowest BCUT2D eigenvalue weighted by atomic mass is 9.79. The zero-order valence-corrected chi connectivity index (χ0v) is 17.0. The minimum absolute atomic E-state index is 0.0136. The summed E-state index contributed by atoms with van der Waals surface area (Å²) >= 11 is 1.45. The third kappa shape index (κ3) is 4.86. The highest BCUT2D eigenvalue weighted by molar-refractivity contribution is 7.16. The highest BCUT2D eigenvalue weighted by Gasteiger charge is 2.26. The van der Waals surface area contributed by atoms with Crippen LogP contribution in [0, 0.1) is 11.8 Å². The van der Waals surface area contributed by atoms with E-state index < -0.39 is 0 Å². The van der Waals surface area contributed by atoms with Crippen LogP contribution in [0.5, 0.6) is 0 Å². The van der Waals surface area contributed by atoms with Gasteiger partial charge in [0.15, 0.2) is 4.80 Å². The molecule has 27 heavy (non-hydrogen) atoms. The number of carbonyl (C=O) groups is 2. The highest BCUT2D eigenvalue weighted by Crippen LogP contribution is 2.32. The number of hydrogen-bond acceptors (Lipinski definition) is 4. The number of fused-ring (bicyclic) bond motifs is 1. The van der Waals surface area contributed by atoms with E-state index >= 15 is 0 Å². The Labute approximate surface area is 164 Å². The van der Waals surface area contributed by atoms with Crippen molar-refractivity contribution in [1.82, 2.24) is 4.57 Å². The van der Waals surface area contributed by atoms with E-state index in [0.717, 1.165) is 41.8 Å². The van der Waals surface area contributed by atoms with Crippen molar-refractivity contribution in [2.24, 2.45) is 16.8 Å². The van der Waals surface area contributed by atoms with E-state index in [2.05, 4.69) is 11.9 Å². The number of benzene rings is 1. The second-order valence-electron chi connectivity index (χ2n) is 7.32. The summed E-state index contributed by atoms with van der Waals surface area (Å²) in [4.78, 5) is 29.6. The molecule has 2 aromatic rings. The molecular weight excluding hydrogens is 360 g/mol. The van der Waals surface area contributed by atoms with Crippen molar-refractivity contribution in [3.63, 3.8) is 0 Å². The van der Waals surface area contributed by atoms with Crippen LogP contribution in [0.15, 0.2) is 29.3 Å². The van der Waals surface area contributed by atoms with E-state index in [1.807, 2.05) is 24.3 Å². The van der Waals surface area contributed by atoms with Gasteiger partial charge in [-0.05, 0) is 43.7 Å². The Balaban J connectivity index is 1.80. The number of rotatable bonds is 6. The van der Waals surface area contributed by atoms with E-state index in [1.165, 1.54) is 37.7 Å². The largest absolute Gasteiger partial charge is 0.468 e. The topological polar surface area (TPSA) is 60.7 Å². The second kappa shape index (κ2) is 9.31. The maximum absolute atomic E-state index is 12.8. The van der Waals surface area contributed by atoms with Gasteiger partial charge in [-0.1, -0.05) is 49.7 Å². The van der Waals surface area contributed by atoms with Crippen LogP contribution < -0.4 is 4.80 Å². The zero-order valence-electron chi connectivity index (χ0n) is 16.1. The molecule has 1 saturated carbocycles. The number of methoxy groups -OCH3 is 1. The first-order valence-electron chi connectivity index (χ1n) is 9.86. The van der Waals surface area contributed by atoms with Gasteiger partial charge in [-0.15, -0.1) is 0 Å². The van der Waals surface area contributed by atoms with Gasteiger partial charge in [0.05, 0.1) is 17.3 Å². The Kier molecular flexibility index (Phi) is 6.83. The maximum atomic E-state index is 12.8. The number of unbranched alkanes of at least 4 members (excludes halogenated alkanes) is 1. The summed E-state index contributed by atoms with van der Waals surface area (Å²) in [6.45, 7) is 2.29. The molecule has 1 heterocycles. The van der Waals surface area contributed by atoms with Gasteiger partial charge in [0, 0.05) is 5.92 Å². The summed E-state index contributed by atoms with van der Waals surface area (Å²) < 4.78 is 7.61. The molecule has 0 aliphatic heterocycles. The number of esters is 1. The lowest BCUT2D eigenvalue weighted by molar-refractivity contribution is -0.141. The van der Waals surface area contributed by atoms with E-state index in [-0.39, 0.29) is 24.3 Å². The van der Waals surface area contributed by atoms with Crippen molar-refractivity contribution in [1.29, 1.82) is 0 Å². The Bertz CT molecular complexity index is 860. The van der Waals surface area contributed by atoms with E-state index in [4.69, 9.17) is 4.74 Å². The Morgan fingerprint density at radius 2 is 1.96 bits per heavy atom. The molecule has 146 valence electrons. The summed E-state index contributed by atoms with van der Waals surface area (Å²) in [6.07, 6.45) is 7.91. The van der Waals surface area contributed by atoms with Gasteiger partial charge in [0.2, 0.25) is 0 Å². The molecule has 1 aliphatic carbocycles. The van der Waals surface area contributed by atoms with Gasteiger partial charge in [-0.3, -0.25) is 9.59 Å². The Morgan fingerprint density at radius 3 is 2.67 bits per heavy atom. The van der Waals surface area contributed by atoms with Crippen LogP contribution >= 0.6 is 11.3 Å². The van der Waals surface area contributed by atoms with Gasteiger partial charge < -0.3 is 9.30 Å². The molecule has 0 bridgehead atoms. The van der Waals surface area contributed by atoms with E-state index in [1.54, 1.807) is 4.57 Å². The predicted molar refractivity (Wildman–Crippen MR) is 107 cm³/mol. The fourth-order valence-electron chi connectivity index (χ4n) is 3.83. The van der Waals surface area contributed by atoms with Gasteiger partial charge in [0.1, 0.15) is 6.54 Å². The second-order valence-corrected chi connectivity index (χ2v) is 8.33. The van der Waals surface area contributed by atoms with Gasteiger partial charge in [-0.2, -0.15) is 4.99 Å². The van der Waals surface area contributed by atoms with Gasteiger partial charge in [0.25, 0.3) is 5.91 Å². The van der Waals surface area contributed by atoms with Crippen LogP contribution in [0.1, 0.15) is 51.9 Å². The summed E-state index contributed by atoms with van der Waals surface area (Å²) in [7, 11) is 1.37. The summed E-state index contributed by atoms with van der Waals surface area (Å²) in [5, 5.41) is 0. The molecule has 0 spiro atoms. The summed E-state index contributed by atoms with van der Waals surface area (Å²) in [5.41, 5.74) is 0.905. The third-order valence-electron chi connectivity index (χ3n) is 5.47. The molecular formula is C21H28N2O3S. The van der Waals surface area contributed by atoms with Crippen LogP contribution in [-0.2, 0) is 20.9 Å². The quantitative estimate of drug-likeness (QED) is 0.693. The van der Waals surface area contributed by atoms with Gasteiger partial charge >= 0.3 is 5.97 Å². The fourth-order valence-corrected chi connectivity index (χ4v) is 4.86. The Hall–Kier alpha value is -1.95. The number of ether oxygens (including phenoxy) is 1. The number of carbonyl (C=O) groups excluding carboxylic acids is 2. The Morgan fingerprint density at radius 1 is 1.22 bits per heavy atom. The molecule has 0 radical (unpaired) electrons. The molecule has 0 atom stereocenters. The molecule has 1 aromatic heterocycles. The molecule has 1 amide bonds. The number of amides is 1. The smallest absolute Gasteiger partial charge is 0.325 e. The highest BCUT2D eigenvalue weighted by atomic mass is 32.1. The van der Waals surface area contributed by atoms with E-state index in [0.29, 0.717) is 4.80 Å². The number of hydrogen-bond donors (Lipinski definition) is 0. The summed E-state index contributed by atoms with van der Waals surface area (Å²) in [5.74, 6) is 0.389. The van der Waals surface area contributed by atoms with Crippen LogP contribution in [0.25, 0.3) is 10.2 Å². The fraction of sp³-hybridized carbons (Fsp3) is 0.571. The molecule has 1 fully saturated rings. The molecule has 6 heteroatoms. The van der Waals surface area contributed by atoms with Crippen molar-refractivity contribution in [3.8, 4) is 0 Å². The lowest BCUT2D eigenvalue weighted by Crippen LogP contribution is -2.26. The minimum atomic E-state index is -0.344. The molecule has 0 saturated heterocycles. The lowest BCUT2D eigenvalue weighted by Gasteiger charge is -2.26. The van der Waals surface area contributed by atoms with Crippen molar-refractivity contribution in [2.45, 2.75) is 58.4 Å². The first-order valence-corrected chi connectivity index (χ1v) is 10.7. The van der Waals surface area contributed by atoms with Crippen LogP contribution in [0.4, 0.5) is 0 Å². The molecule has 5 nitrogen and oxygen atoms in total. The molecule has 0 unspecified atom stereocenters. The van der Waals surface area contributed by atoms with Crippen LogP contribution in [0.3, 0.4) is 0 Å². The maximum Gasteiger partial charge on any atom is 0.325 e. The van der Waals surface area contributed by atoms with Crippen LogP contribution in [-0.4, -0.2) is 23.6 Å². The average molecular weight is 389 g/mol.